The molecule has 37 heavy (non-hydrogen) atoms. The van der Waals surface area contributed by atoms with Gasteiger partial charge in [0.2, 0.25) is 15.9 Å². The lowest BCUT2D eigenvalue weighted by Crippen LogP contribution is -2.40. The summed E-state index contributed by atoms with van der Waals surface area (Å²) in [4.78, 5) is 14.3. The second-order valence-corrected chi connectivity index (χ2v) is 12.8. The van der Waals surface area contributed by atoms with E-state index in [1.807, 2.05) is 0 Å². The molecule has 0 atom stereocenters. The molecule has 0 heterocycles. The van der Waals surface area contributed by atoms with E-state index in [0.29, 0.717) is 5.92 Å². The predicted molar refractivity (Wildman–Crippen MR) is 150 cm³/mol. The number of nitrogens with one attached hydrogen (secondary N) is 1. The molecule has 204 valence electrons. The van der Waals surface area contributed by atoms with E-state index in [1.165, 1.54) is 30.4 Å². The molecule has 1 fully saturated rings. The van der Waals surface area contributed by atoms with E-state index >= 15 is 0 Å². The topological polar surface area (TPSA) is 79.0 Å². The van der Waals surface area contributed by atoms with Crippen LogP contribution in [0.1, 0.15) is 31.2 Å². The van der Waals surface area contributed by atoms with Gasteiger partial charge in [0, 0.05) is 44.4 Å². The number of amides is 1. The van der Waals surface area contributed by atoms with Gasteiger partial charge < -0.3 is 15.0 Å². The van der Waals surface area contributed by atoms with Crippen LogP contribution in [0.5, 0.6) is 0 Å². The minimum Gasteiger partial charge on any atom is -0.377 e. The van der Waals surface area contributed by atoms with Crippen molar-refractivity contribution < 1.29 is 17.9 Å². The number of likely N-dealkylation sites (N-methyl/N-ethyl adjacent to an activating group) is 1. The third kappa shape index (κ3) is 8.22. The Balaban J connectivity index is 1.39. The third-order valence-electron chi connectivity index (χ3n) is 6.61. The average Bonchev–Trinajstić information content (AvgIpc) is 2.82. The van der Waals surface area contributed by atoms with E-state index in [2.05, 4.69) is 48.6 Å². The molecule has 0 aliphatic heterocycles. The Kier molecular flexibility index (Phi) is 10.9. The van der Waals surface area contributed by atoms with E-state index in [-0.39, 0.29) is 51.7 Å². The Morgan fingerprint density at radius 3 is 2.27 bits per heavy atom. The molecule has 7 nitrogen and oxygen atoms in total. The SMILES string of the molecule is CN(C)c1ccccc1CC1CCC(NC(=O)COCCN(C)S(=O)(=O)c2c(Cl)cc(Cl)cc2Cl)CC1. The van der Waals surface area contributed by atoms with Crippen molar-refractivity contribution in [1.29, 1.82) is 0 Å². The molecule has 1 saturated carbocycles. The number of benzene rings is 2. The number of ether oxygens (including phenoxy) is 1. The molecule has 0 spiro atoms. The first-order chi connectivity index (χ1) is 17.5. The summed E-state index contributed by atoms with van der Waals surface area (Å²) in [6.07, 6.45) is 5.04. The number of para-hydroxylation sites is 1. The van der Waals surface area contributed by atoms with Gasteiger partial charge >= 0.3 is 0 Å². The second kappa shape index (κ2) is 13.5. The Hall–Kier alpha value is -1.55. The normalized spacial score (nSPS) is 18.1. The zero-order valence-corrected chi connectivity index (χ0v) is 24.4. The summed E-state index contributed by atoms with van der Waals surface area (Å²) in [5, 5.41) is 3.18. The minimum absolute atomic E-state index is 0.0322. The van der Waals surface area contributed by atoms with Crippen LogP contribution >= 0.6 is 34.8 Å². The summed E-state index contributed by atoms with van der Waals surface area (Å²) in [6.45, 7) is -0.0546. The fourth-order valence-electron chi connectivity index (χ4n) is 4.62. The summed E-state index contributed by atoms with van der Waals surface area (Å²) < 4.78 is 32.2. The van der Waals surface area contributed by atoms with E-state index in [0.717, 1.165) is 36.4 Å². The maximum atomic E-state index is 12.8. The van der Waals surface area contributed by atoms with Crippen molar-refractivity contribution in [2.45, 2.75) is 43.0 Å². The first kappa shape index (κ1) is 30.0. The van der Waals surface area contributed by atoms with Crippen LogP contribution in [-0.4, -0.2) is 65.6 Å². The van der Waals surface area contributed by atoms with Crippen molar-refractivity contribution in [3.8, 4) is 0 Å². The lowest BCUT2D eigenvalue weighted by atomic mass is 9.82. The highest BCUT2D eigenvalue weighted by Gasteiger charge is 2.27. The van der Waals surface area contributed by atoms with E-state index in [1.54, 1.807) is 0 Å². The second-order valence-electron chi connectivity index (χ2n) is 9.59. The molecular weight excluding hydrogens is 557 g/mol. The van der Waals surface area contributed by atoms with Crippen LogP contribution in [0, 0.1) is 5.92 Å². The first-order valence-corrected chi connectivity index (χ1v) is 14.8. The number of rotatable bonds is 11. The number of carbonyl (C=O) groups is 1. The fraction of sp³-hybridized carbons (Fsp3) is 0.500. The summed E-state index contributed by atoms with van der Waals surface area (Å²) in [7, 11) is 1.58. The van der Waals surface area contributed by atoms with Gasteiger partial charge in [-0.15, -0.1) is 0 Å². The molecule has 0 aromatic heterocycles. The Labute approximate surface area is 235 Å². The quantitative estimate of drug-likeness (QED) is 0.361. The van der Waals surface area contributed by atoms with Crippen LogP contribution in [0.2, 0.25) is 15.1 Å². The average molecular weight is 591 g/mol. The Morgan fingerprint density at radius 2 is 1.65 bits per heavy atom. The molecule has 0 bridgehead atoms. The molecule has 2 aromatic carbocycles. The number of halogens is 3. The number of hydrogen-bond acceptors (Lipinski definition) is 5. The predicted octanol–water partition coefficient (Wildman–Crippen LogP) is 5.27. The van der Waals surface area contributed by atoms with Crippen LogP contribution < -0.4 is 10.2 Å². The van der Waals surface area contributed by atoms with Crippen molar-refractivity contribution >= 4 is 56.4 Å². The van der Waals surface area contributed by atoms with Gasteiger partial charge in [-0.2, -0.15) is 4.31 Å². The molecule has 1 aliphatic carbocycles. The maximum Gasteiger partial charge on any atom is 0.246 e. The van der Waals surface area contributed by atoms with Crippen LogP contribution in [0.3, 0.4) is 0 Å². The number of nitrogens with zero attached hydrogens (tertiary/aromatic N) is 2. The highest BCUT2D eigenvalue weighted by molar-refractivity contribution is 7.89. The highest BCUT2D eigenvalue weighted by atomic mass is 35.5. The van der Waals surface area contributed by atoms with Crippen LogP contribution in [-0.2, 0) is 26.0 Å². The maximum absolute atomic E-state index is 12.8. The van der Waals surface area contributed by atoms with Gasteiger partial charge in [-0.1, -0.05) is 53.0 Å². The van der Waals surface area contributed by atoms with Gasteiger partial charge in [0.1, 0.15) is 11.5 Å². The first-order valence-electron chi connectivity index (χ1n) is 12.2. The molecule has 0 saturated heterocycles. The van der Waals surface area contributed by atoms with Crippen LogP contribution in [0.4, 0.5) is 5.69 Å². The molecule has 0 unspecified atom stereocenters. The smallest absolute Gasteiger partial charge is 0.246 e. The summed E-state index contributed by atoms with van der Waals surface area (Å²) in [5.41, 5.74) is 2.62. The lowest BCUT2D eigenvalue weighted by molar-refractivity contribution is -0.126. The summed E-state index contributed by atoms with van der Waals surface area (Å²) in [5.74, 6) is 0.404. The van der Waals surface area contributed by atoms with E-state index in [9.17, 15) is 13.2 Å². The van der Waals surface area contributed by atoms with Crippen molar-refractivity contribution in [3.63, 3.8) is 0 Å². The molecule has 1 aliphatic rings. The molecule has 0 radical (unpaired) electrons. The molecule has 1 amide bonds. The zero-order chi connectivity index (χ0) is 27.2. The van der Waals surface area contributed by atoms with E-state index in [4.69, 9.17) is 39.5 Å². The number of sulfonamides is 1. The van der Waals surface area contributed by atoms with Crippen LogP contribution in [0.25, 0.3) is 0 Å². The summed E-state index contributed by atoms with van der Waals surface area (Å²) >= 11 is 18.0. The molecule has 1 N–H and O–H groups in total. The van der Waals surface area contributed by atoms with E-state index < -0.39 is 10.0 Å². The highest BCUT2D eigenvalue weighted by Crippen LogP contribution is 2.34. The standard InChI is InChI=1S/C26H34Cl3N3O4S/c1-31(2)24-7-5-4-6-19(24)14-18-8-10-21(11-9-18)30-25(33)17-36-13-12-32(3)37(34,35)26-22(28)15-20(27)16-23(26)29/h4-7,15-16,18,21H,8-14,17H2,1-3H3,(H,30,33). The largest absolute Gasteiger partial charge is 0.377 e. The molecule has 11 heteroatoms. The van der Waals surface area contributed by atoms with Crippen molar-refractivity contribution in [2.75, 3.05) is 45.8 Å². The van der Waals surface area contributed by atoms with Gasteiger partial charge in [0.05, 0.1) is 16.7 Å². The number of carbonyl (C=O) groups excluding carboxylic acids is 1. The Bertz CT molecular complexity index is 1160. The molecular formula is C26H34Cl3N3O4S. The fourth-order valence-corrected chi connectivity index (χ4v) is 7.26. The number of anilines is 1. The summed E-state index contributed by atoms with van der Waals surface area (Å²) in [6, 6.07) is 11.3. The Morgan fingerprint density at radius 1 is 1.03 bits per heavy atom. The van der Waals surface area contributed by atoms with Gasteiger partial charge in [-0.3, -0.25) is 4.79 Å². The van der Waals surface area contributed by atoms with Gasteiger partial charge in [0.15, 0.2) is 0 Å². The monoisotopic (exact) mass is 589 g/mol. The third-order valence-corrected chi connectivity index (χ3v) is 9.61. The van der Waals surface area contributed by atoms with Crippen molar-refractivity contribution in [1.82, 2.24) is 9.62 Å². The number of hydrogen-bond donors (Lipinski definition) is 1. The van der Waals surface area contributed by atoms with Gasteiger partial charge in [-0.25, -0.2) is 8.42 Å². The molecule has 3 rings (SSSR count). The minimum atomic E-state index is -3.95. The zero-order valence-electron chi connectivity index (χ0n) is 21.3. The van der Waals surface area contributed by atoms with Crippen molar-refractivity contribution in [2.24, 2.45) is 5.92 Å². The van der Waals surface area contributed by atoms with Gasteiger partial charge in [0.25, 0.3) is 0 Å². The van der Waals surface area contributed by atoms with Gasteiger partial charge in [-0.05, 0) is 61.8 Å². The molecule has 2 aromatic rings. The lowest BCUT2D eigenvalue weighted by Gasteiger charge is -2.30. The van der Waals surface area contributed by atoms with Crippen LogP contribution in [0.15, 0.2) is 41.3 Å². The van der Waals surface area contributed by atoms with Crippen molar-refractivity contribution in [3.05, 3.63) is 57.0 Å².